The van der Waals surface area contributed by atoms with Crippen LogP contribution in [0.25, 0.3) is 10.8 Å². The molecule has 0 aliphatic heterocycles. The minimum absolute atomic E-state index is 0.371. The van der Waals surface area contributed by atoms with Crippen LogP contribution in [0, 0.1) is 12.3 Å². The Balaban J connectivity index is 1.93. The Hall–Kier alpha value is -1.43. The van der Waals surface area contributed by atoms with Crippen LogP contribution in [0.1, 0.15) is 18.5 Å². The molecule has 0 amide bonds. The van der Waals surface area contributed by atoms with Crippen molar-refractivity contribution in [2.45, 2.75) is 13.0 Å². The van der Waals surface area contributed by atoms with Crippen molar-refractivity contribution >= 4 is 22.5 Å². The Labute approximate surface area is 119 Å². The minimum Gasteiger partial charge on any atom is -0.309 e. The molecule has 0 aromatic heterocycles. The lowest BCUT2D eigenvalue weighted by Crippen LogP contribution is -2.21. The quantitative estimate of drug-likeness (QED) is 0.631. The second kappa shape index (κ2) is 7.23. The normalized spacial score (nSPS) is 12.2. The number of nitrogens with one attached hydrogen (secondary N) is 1. The highest BCUT2D eigenvalue weighted by atomic mass is 32.2. The van der Waals surface area contributed by atoms with E-state index in [2.05, 4.69) is 60.6 Å². The van der Waals surface area contributed by atoms with Gasteiger partial charge in [0.1, 0.15) is 0 Å². The van der Waals surface area contributed by atoms with Gasteiger partial charge in [-0.05, 0) is 29.3 Å². The molecule has 2 rings (SSSR count). The van der Waals surface area contributed by atoms with Crippen LogP contribution < -0.4 is 5.32 Å². The van der Waals surface area contributed by atoms with Gasteiger partial charge >= 0.3 is 0 Å². The molecule has 98 valence electrons. The summed E-state index contributed by atoms with van der Waals surface area (Å²) in [7, 11) is 0. The monoisotopic (exact) mass is 269 g/mol. The molecule has 0 fully saturated rings. The molecule has 1 atom stereocenters. The number of terminal acetylenes is 1. The molecule has 0 spiro atoms. The molecule has 19 heavy (non-hydrogen) atoms. The zero-order valence-electron chi connectivity index (χ0n) is 11.2. The van der Waals surface area contributed by atoms with Crippen LogP contribution >= 0.6 is 11.8 Å². The van der Waals surface area contributed by atoms with Gasteiger partial charge in [-0.2, -0.15) is 0 Å². The van der Waals surface area contributed by atoms with E-state index < -0.39 is 0 Å². The summed E-state index contributed by atoms with van der Waals surface area (Å²) in [6.07, 6.45) is 5.22. The van der Waals surface area contributed by atoms with Crippen LogP contribution in [0.15, 0.2) is 42.5 Å². The molecular formula is C17H19NS. The van der Waals surface area contributed by atoms with Gasteiger partial charge in [0.25, 0.3) is 0 Å². The van der Waals surface area contributed by atoms with Gasteiger partial charge in [-0.3, -0.25) is 0 Å². The maximum absolute atomic E-state index is 5.22. The summed E-state index contributed by atoms with van der Waals surface area (Å²) in [6, 6.07) is 15.5. The molecule has 1 N–H and O–H groups in total. The average molecular weight is 269 g/mol. The highest BCUT2D eigenvalue weighted by molar-refractivity contribution is 7.99. The summed E-state index contributed by atoms with van der Waals surface area (Å²) in [5.41, 5.74) is 1.33. The Morgan fingerprint density at radius 3 is 2.79 bits per heavy atom. The van der Waals surface area contributed by atoms with Gasteiger partial charge in [-0.1, -0.05) is 42.3 Å². The van der Waals surface area contributed by atoms with E-state index in [-0.39, 0.29) is 0 Å². The second-order valence-corrected chi connectivity index (χ2v) is 5.64. The van der Waals surface area contributed by atoms with Gasteiger partial charge in [0.2, 0.25) is 0 Å². The number of rotatable bonds is 6. The van der Waals surface area contributed by atoms with Crippen molar-refractivity contribution in [3.8, 4) is 12.3 Å². The number of thioether (sulfide) groups is 1. The molecule has 0 radical (unpaired) electrons. The fraction of sp³-hybridized carbons (Fsp3) is 0.294. The first-order valence-electron chi connectivity index (χ1n) is 6.54. The summed E-state index contributed by atoms with van der Waals surface area (Å²) in [5, 5.41) is 6.13. The molecule has 1 unspecified atom stereocenters. The van der Waals surface area contributed by atoms with Gasteiger partial charge in [0.15, 0.2) is 0 Å². The SMILES string of the molecule is C#CCSCCNC(C)c1ccc2ccccc2c1. The second-order valence-electron chi connectivity index (χ2n) is 4.54. The molecule has 1 nitrogen and oxygen atoms in total. The fourth-order valence-corrected chi connectivity index (χ4v) is 2.60. The third-order valence-corrected chi connectivity index (χ3v) is 4.02. The highest BCUT2D eigenvalue weighted by Crippen LogP contribution is 2.20. The molecule has 2 aromatic carbocycles. The Kier molecular flexibility index (Phi) is 5.32. The van der Waals surface area contributed by atoms with Gasteiger partial charge in [-0.25, -0.2) is 0 Å². The summed E-state index contributed by atoms with van der Waals surface area (Å²) < 4.78 is 0. The summed E-state index contributed by atoms with van der Waals surface area (Å²) >= 11 is 1.79. The predicted octanol–water partition coefficient (Wildman–Crippen LogP) is 3.86. The first-order chi connectivity index (χ1) is 9.31. The van der Waals surface area contributed by atoms with E-state index >= 15 is 0 Å². The van der Waals surface area contributed by atoms with Gasteiger partial charge < -0.3 is 5.32 Å². The molecule has 2 heteroatoms. The maximum Gasteiger partial charge on any atom is 0.0545 e. The standard InChI is InChI=1S/C17H19NS/c1-3-11-19-12-10-18-14(2)16-9-8-15-6-4-5-7-17(15)13-16/h1,4-9,13-14,18H,10-12H2,2H3. The lowest BCUT2D eigenvalue weighted by atomic mass is 10.0. The van der Waals surface area contributed by atoms with E-state index in [9.17, 15) is 0 Å². The van der Waals surface area contributed by atoms with Crippen LogP contribution in [0.5, 0.6) is 0 Å². The van der Waals surface area contributed by atoms with Crippen molar-refractivity contribution in [1.29, 1.82) is 0 Å². The van der Waals surface area contributed by atoms with Crippen LogP contribution in [-0.2, 0) is 0 Å². The highest BCUT2D eigenvalue weighted by Gasteiger charge is 2.04. The number of fused-ring (bicyclic) bond motifs is 1. The summed E-state index contributed by atoms with van der Waals surface area (Å²) in [6.45, 7) is 3.19. The molecule has 2 aromatic rings. The van der Waals surface area contributed by atoms with Crippen LogP contribution in [0.4, 0.5) is 0 Å². The topological polar surface area (TPSA) is 12.0 Å². The molecule has 0 saturated heterocycles. The van der Waals surface area contributed by atoms with E-state index in [4.69, 9.17) is 6.42 Å². The van der Waals surface area contributed by atoms with Gasteiger partial charge in [0.05, 0.1) is 5.75 Å². The van der Waals surface area contributed by atoms with E-state index in [0.29, 0.717) is 6.04 Å². The van der Waals surface area contributed by atoms with Crippen molar-refractivity contribution in [3.63, 3.8) is 0 Å². The van der Waals surface area contributed by atoms with Crippen LogP contribution in [0.3, 0.4) is 0 Å². The van der Waals surface area contributed by atoms with Crippen molar-refractivity contribution in [1.82, 2.24) is 5.32 Å². The third-order valence-electron chi connectivity index (χ3n) is 3.16. The lowest BCUT2D eigenvalue weighted by Gasteiger charge is -2.14. The van der Waals surface area contributed by atoms with Gasteiger partial charge in [-0.15, -0.1) is 18.2 Å². The zero-order valence-corrected chi connectivity index (χ0v) is 12.0. The fourth-order valence-electron chi connectivity index (χ4n) is 2.07. The molecule has 0 aliphatic rings. The predicted molar refractivity (Wildman–Crippen MR) is 86.5 cm³/mol. The van der Waals surface area contributed by atoms with Gasteiger partial charge in [0, 0.05) is 18.3 Å². The van der Waals surface area contributed by atoms with Crippen LogP contribution in [0.2, 0.25) is 0 Å². The molecule has 0 bridgehead atoms. The van der Waals surface area contributed by atoms with E-state index in [1.54, 1.807) is 11.8 Å². The Morgan fingerprint density at radius 1 is 1.21 bits per heavy atom. The molecule has 0 saturated carbocycles. The maximum atomic E-state index is 5.22. The molecular weight excluding hydrogens is 250 g/mol. The Bertz CT molecular complexity index is 571. The molecule has 0 heterocycles. The zero-order chi connectivity index (χ0) is 13.5. The van der Waals surface area contributed by atoms with Crippen molar-refractivity contribution in [3.05, 3.63) is 48.0 Å². The van der Waals surface area contributed by atoms with E-state index in [1.165, 1.54) is 16.3 Å². The molecule has 0 aliphatic carbocycles. The summed E-state index contributed by atoms with van der Waals surface area (Å²) in [4.78, 5) is 0. The number of hydrogen-bond acceptors (Lipinski definition) is 2. The van der Waals surface area contributed by atoms with E-state index in [1.807, 2.05) is 0 Å². The smallest absolute Gasteiger partial charge is 0.0545 e. The summed E-state index contributed by atoms with van der Waals surface area (Å²) in [5.74, 6) is 4.50. The first kappa shape index (κ1) is 14.0. The largest absolute Gasteiger partial charge is 0.309 e. The lowest BCUT2D eigenvalue weighted by molar-refractivity contribution is 0.602. The number of benzene rings is 2. The van der Waals surface area contributed by atoms with Crippen molar-refractivity contribution in [2.24, 2.45) is 0 Å². The minimum atomic E-state index is 0.371. The van der Waals surface area contributed by atoms with Crippen LogP contribution in [-0.4, -0.2) is 18.1 Å². The first-order valence-corrected chi connectivity index (χ1v) is 7.70. The van der Waals surface area contributed by atoms with Crippen molar-refractivity contribution in [2.75, 3.05) is 18.1 Å². The number of hydrogen-bond donors (Lipinski definition) is 1. The van der Waals surface area contributed by atoms with E-state index in [0.717, 1.165) is 18.1 Å². The van der Waals surface area contributed by atoms with Crippen molar-refractivity contribution < 1.29 is 0 Å². The third kappa shape index (κ3) is 4.02. The average Bonchev–Trinajstić information content (AvgIpc) is 2.46. The Morgan fingerprint density at radius 2 is 2.00 bits per heavy atom.